The summed E-state index contributed by atoms with van der Waals surface area (Å²) in [5, 5.41) is 7.73. The molecule has 0 atom stereocenters. The summed E-state index contributed by atoms with van der Waals surface area (Å²) >= 11 is 1.70. The lowest BCUT2D eigenvalue weighted by Crippen LogP contribution is -2.27. The van der Waals surface area contributed by atoms with Crippen LogP contribution in [-0.4, -0.2) is 32.6 Å². The first kappa shape index (κ1) is 19.1. The predicted octanol–water partition coefficient (Wildman–Crippen LogP) is 5.01. The third kappa shape index (κ3) is 3.34. The second-order valence-corrected chi connectivity index (χ2v) is 9.92. The monoisotopic (exact) mass is 396 g/mol. The number of aromatic nitrogens is 3. The summed E-state index contributed by atoms with van der Waals surface area (Å²) in [5.74, 6) is 0.517. The molecule has 0 unspecified atom stereocenters. The lowest BCUT2D eigenvalue weighted by atomic mass is 10.1. The highest BCUT2D eigenvalue weighted by molar-refractivity contribution is 7.10. The van der Waals surface area contributed by atoms with Crippen LogP contribution in [0.1, 0.15) is 71.7 Å². The third-order valence-corrected chi connectivity index (χ3v) is 6.40. The Morgan fingerprint density at radius 3 is 2.61 bits per heavy atom. The number of fused-ring (bicyclic) bond motifs is 1. The van der Waals surface area contributed by atoms with Crippen LogP contribution in [0.4, 0.5) is 0 Å². The molecule has 6 heteroatoms. The molecule has 1 fully saturated rings. The van der Waals surface area contributed by atoms with E-state index in [2.05, 4.69) is 39.1 Å². The molecule has 0 radical (unpaired) electrons. The van der Waals surface area contributed by atoms with Crippen molar-refractivity contribution in [3.8, 4) is 0 Å². The summed E-state index contributed by atoms with van der Waals surface area (Å²) in [6, 6.07) is 4.12. The largest absolute Gasteiger partial charge is 0.337 e. The zero-order valence-electron chi connectivity index (χ0n) is 17.5. The molecule has 1 saturated carbocycles. The standard InChI is InChI=1S/C22H28N4OS/c1-13-9-10-28-18(13)12-25(6)21(27)16-11-17(15-7-8-15)23-20-19(16)14(2)24-26(20)22(3,4)5/h9-11,15H,7-8,12H2,1-6H3. The molecule has 0 N–H and O–H groups in total. The van der Waals surface area contributed by atoms with Crippen molar-refractivity contribution in [2.45, 2.75) is 65.5 Å². The highest BCUT2D eigenvalue weighted by Crippen LogP contribution is 2.41. The van der Waals surface area contributed by atoms with E-state index in [0.29, 0.717) is 12.5 Å². The number of carbonyl (C=O) groups excluding carboxylic acids is 1. The number of nitrogens with zero attached hydrogens (tertiary/aromatic N) is 4. The fraction of sp³-hybridized carbons (Fsp3) is 0.500. The first-order valence-electron chi connectivity index (χ1n) is 9.86. The number of hydrogen-bond donors (Lipinski definition) is 0. The van der Waals surface area contributed by atoms with E-state index in [4.69, 9.17) is 10.1 Å². The molecule has 0 spiro atoms. The predicted molar refractivity (Wildman–Crippen MR) is 114 cm³/mol. The minimum absolute atomic E-state index is 0.0404. The van der Waals surface area contributed by atoms with Gasteiger partial charge in [0.15, 0.2) is 5.65 Å². The quantitative estimate of drug-likeness (QED) is 0.622. The van der Waals surface area contributed by atoms with Gasteiger partial charge in [-0.25, -0.2) is 9.67 Å². The van der Waals surface area contributed by atoms with E-state index >= 15 is 0 Å². The Bertz CT molecular complexity index is 1050. The molecule has 3 aromatic heterocycles. The molecule has 3 heterocycles. The van der Waals surface area contributed by atoms with Gasteiger partial charge in [-0.1, -0.05) is 0 Å². The fourth-order valence-electron chi connectivity index (χ4n) is 3.59. The third-order valence-electron chi connectivity index (χ3n) is 5.39. The van der Waals surface area contributed by atoms with E-state index < -0.39 is 0 Å². The van der Waals surface area contributed by atoms with Crippen LogP contribution < -0.4 is 0 Å². The molecule has 1 aliphatic rings. The van der Waals surface area contributed by atoms with Crippen molar-refractivity contribution in [3.63, 3.8) is 0 Å². The topological polar surface area (TPSA) is 51.0 Å². The van der Waals surface area contributed by atoms with Gasteiger partial charge in [0, 0.05) is 23.5 Å². The molecular weight excluding hydrogens is 368 g/mol. The number of hydrogen-bond acceptors (Lipinski definition) is 4. The molecule has 0 aromatic carbocycles. The van der Waals surface area contributed by atoms with Gasteiger partial charge >= 0.3 is 0 Å². The molecule has 4 rings (SSSR count). The average molecular weight is 397 g/mol. The highest BCUT2D eigenvalue weighted by Gasteiger charge is 2.31. The lowest BCUT2D eigenvalue weighted by Gasteiger charge is -2.21. The molecule has 1 amide bonds. The van der Waals surface area contributed by atoms with Gasteiger partial charge in [0.05, 0.1) is 28.7 Å². The van der Waals surface area contributed by atoms with Crippen molar-refractivity contribution >= 4 is 28.3 Å². The summed E-state index contributed by atoms with van der Waals surface area (Å²) in [5.41, 5.74) is 4.50. The van der Waals surface area contributed by atoms with E-state index in [0.717, 1.165) is 40.8 Å². The van der Waals surface area contributed by atoms with Crippen LogP contribution in [0.3, 0.4) is 0 Å². The van der Waals surface area contributed by atoms with Crippen molar-refractivity contribution < 1.29 is 4.79 Å². The Morgan fingerprint density at radius 1 is 1.32 bits per heavy atom. The van der Waals surface area contributed by atoms with Crippen LogP contribution in [-0.2, 0) is 12.1 Å². The summed E-state index contributed by atoms with van der Waals surface area (Å²) in [6.45, 7) is 11.1. The molecule has 1 aliphatic carbocycles. The number of rotatable bonds is 4. The Balaban J connectivity index is 1.82. The van der Waals surface area contributed by atoms with Gasteiger partial charge in [-0.3, -0.25) is 4.79 Å². The van der Waals surface area contributed by atoms with Crippen molar-refractivity contribution in [1.82, 2.24) is 19.7 Å². The van der Waals surface area contributed by atoms with E-state index in [1.807, 2.05) is 29.6 Å². The molecular formula is C22H28N4OS. The van der Waals surface area contributed by atoms with Gasteiger partial charge in [0.25, 0.3) is 5.91 Å². The molecule has 0 aliphatic heterocycles. The van der Waals surface area contributed by atoms with Crippen LogP contribution in [0.15, 0.2) is 17.5 Å². The van der Waals surface area contributed by atoms with E-state index in [9.17, 15) is 4.79 Å². The van der Waals surface area contributed by atoms with Crippen LogP contribution in [0.5, 0.6) is 0 Å². The number of amides is 1. The number of carbonyl (C=O) groups is 1. The molecule has 5 nitrogen and oxygen atoms in total. The van der Waals surface area contributed by atoms with Gasteiger partial charge < -0.3 is 4.90 Å². The van der Waals surface area contributed by atoms with Crippen LogP contribution in [0.25, 0.3) is 11.0 Å². The number of pyridine rings is 1. The number of thiophene rings is 1. The first-order valence-corrected chi connectivity index (χ1v) is 10.7. The van der Waals surface area contributed by atoms with E-state index in [1.54, 1.807) is 11.3 Å². The zero-order chi connectivity index (χ0) is 20.2. The maximum Gasteiger partial charge on any atom is 0.254 e. The smallest absolute Gasteiger partial charge is 0.254 e. The average Bonchev–Trinajstić information content (AvgIpc) is 3.32. The van der Waals surface area contributed by atoms with Gasteiger partial charge in [-0.15, -0.1) is 11.3 Å². The summed E-state index contributed by atoms with van der Waals surface area (Å²) < 4.78 is 1.98. The second-order valence-electron chi connectivity index (χ2n) is 8.92. The molecule has 0 saturated heterocycles. The van der Waals surface area contributed by atoms with Crippen molar-refractivity contribution in [1.29, 1.82) is 0 Å². The maximum atomic E-state index is 13.5. The summed E-state index contributed by atoms with van der Waals surface area (Å²) in [4.78, 5) is 21.5. The zero-order valence-corrected chi connectivity index (χ0v) is 18.4. The van der Waals surface area contributed by atoms with Gasteiger partial charge in [0.2, 0.25) is 0 Å². The van der Waals surface area contributed by atoms with Crippen molar-refractivity contribution in [2.75, 3.05) is 7.05 Å². The minimum Gasteiger partial charge on any atom is -0.337 e. The molecule has 0 bridgehead atoms. The normalized spacial score (nSPS) is 14.6. The van der Waals surface area contributed by atoms with Crippen LogP contribution in [0.2, 0.25) is 0 Å². The van der Waals surface area contributed by atoms with Crippen LogP contribution >= 0.6 is 11.3 Å². The minimum atomic E-state index is -0.192. The lowest BCUT2D eigenvalue weighted by molar-refractivity contribution is 0.0788. The maximum absolute atomic E-state index is 13.5. The Labute approximate surface area is 170 Å². The summed E-state index contributed by atoms with van der Waals surface area (Å²) in [7, 11) is 1.88. The van der Waals surface area contributed by atoms with E-state index in [-0.39, 0.29) is 11.4 Å². The SMILES string of the molecule is Cc1ccsc1CN(C)C(=O)c1cc(C2CC2)nc2c1c(C)nn2C(C)(C)C. The first-order chi connectivity index (χ1) is 13.2. The van der Waals surface area contributed by atoms with Crippen LogP contribution in [0, 0.1) is 13.8 Å². The molecule has 28 heavy (non-hydrogen) atoms. The van der Waals surface area contributed by atoms with Gasteiger partial charge in [-0.2, -0.15) is 5.10 Å². The highest BCUT2D eigenvalue weighted by atomic mass is 32.1. The summed E-state index contributed by atoms with van der Waals surface area (Å²) in [6.07, 6.45) is 2.30. The van der Waals surface area contributed by atoms with E-state index in [1.165, 1.54) is 10.4 Å². The molecule has 148 valence electrons. The Hall–Kier alpha value is -2.21. The molecule has 3 aromatic rings. The van der Waals surface area contributed by atoms with Gasteiger partial charge in [0.1, 0.15) is 0 Å². The fourth-order valence-corrected chi connectivity index (χ4v) is 4.55. The Kier molecular flexibility index (Phi) is 4.57. The number of aryl methyl sites for hydroxylation is 2. The second kappa shape index (κ2) is 6.69. The van der Waals surface area contributed by atoms with Gasteiger partial charge in [-0.05, 0) is 70.5 Å². The van der Waals surface area contributed by atoms with Crippen molar-refractivity contribution in [2.24, 2.45) is 0 Å². The van der Waals surface area contributed by atoms with Crippen molar-refractivity contribution in [3.05, 3.63) is 44.9 Å². The Morgan fingerprint density at radius 2 is 2.04 bits per heavy atom.